The average Bonchev–Trinajstić information content (AvgIpc) is 2.65. The second-order valence-electron chi connectivity index (χ2n) is 5.03. The largest absolute Gasteiger partial charge is 0.466 e. The van der Waals surface area contributed by atoms with Crippen LogP contribution in [0, 0.1) is 5.92 Å². The number of halogens is 1. The Morgan fingerprint density at radius 3 is 2.47 bits per heavy atom. The van der Waals surface area contributed by atoms with E-state index in [4.69, 9.17) is 10.2 Å². The Labute approximate surface area is 112 Å². The Morgan fingerprint density at radius 2 is 2.06 bits per heavy atom. The van der Waals surface area contributed by atoms with Gasteiger partial charge in [-0.2, -0.15) is 0 Å². The molecule has 17 heavy (non-hydrogen) atoms. The maximum Gasteiger partial charge on any atom is 0.136 e. The molecule has 3 nitrogen and oxygen atoms in total. The Hall–Kier alpha value is -0.320. The SMILES string of the molecule is CC(C)CC(C)N(C)C(CN)c1occc1Br. The third-order valence-electron chi connectivity index (χ3n) is 3.17. The van der Waals surface area contributed by atoms with Gasteiger partial charge in [0.2, 0.25) is 0 Å². The topological polar surface area (TPSA) is 42.4 Å². The summed E-state index contributed by atoms with van der Waals surface area (Å²) in [5.41, 5.74) is 5.88. The zero-order valence-electron chi connectivity index (χ0n) is 11.1. The van der Waals surface area contributed by atoms with E-state index in [-0.39, 0.29) is 6.04 Å². The monoisotopic (exact) mass is 302 g/mol. The third-order valence-corrected chi connectivity index (χ3v) is 3.83. The van der Waals surface area contributed by atoms with Gasteiger partial charge in [-0.15, -0.1) is 0 Å². The van der Waals surface area contributed by atoms with E-state index < -0.39 is 0 Å². The van der Waals surface area contributed by atoms with Gasteiger partial charge < -0.3 is 10.2 Å². The number of likely N-dealkylation sites (N-methyl/N-ethyl adjacent to an activating group) is 1. The lowest BCUT2D eigenvalue weighted by atomic mass is 10.0. The van der Waals surface area contributed by atoms with Crippen LogP contribution in [-0.2, 0) is 0 Å². The van der Waals surface area contributed by atoms with E-state index in [9.17, 15) is 0 Å². The lowest BCUT2D eigenvalue weighted by Gasteiger charge is -2.32. The molecule has 0 spiro atoms. The minimum Gasteiger partial charge on any atom is -0.466 e. The van der Waals surface area contributed by atoms with E-state index in [1.54, 1.807) is 6.26 Å². The molecule has 1 rings (SSSR count). The Morgan fingerprint density at radius 1 is 1.41 bits per heavy atom. The molecule has 2 unspecified atom stereocenters. The quantitative estimate of drug-likeness (QED) is 0.875. The standard InChI is InChI=1S/C13H23BrN2O/c1-9(2)7-10(3)16(4)12(8-15)13-11(14)5-6-17-13/h5-6,9-10,12H,7-8,15H2,1-4H3. The van der Waals surface area contributed by atoms with Crippen molar-refractivity contribution in [2.45, 2.75) is 39.3 Å². The van der Waals surface area contributed by atoms with Gasteiger partial charge in [-0.25, -0.2) is 0 Å². The van der Waals surface area contributed by atoms with Crippen molar-refractivity contribution >= 4 is 15.9 Å². The normalized spacial score (nSPS) is 15.5. The molecule has 0 saturated heterocycles. The molecule has 0 radical (unpaired) electrons. The Bertz CT molecular complexity index is 338. The van der Waals surface area contributed by atoms with Gasteiger partial charge in [0.15, 0.2) is 0 Å². The van der Waals surface area contributed by atoms with Crippen molar-refractivity contribution < 1.29 is 4.42 Å². The van der Waals surface area contributed by atoms with Crippen molar-refractivity contribution in [1.82, 2.24) is 4.90 Å². The molecular formula is C13H23BrN2O. The maximum absolute atomic E-state index is 5.88. The van der Waals surface area contributed by atoms with Crippen molar-refractivity contribution in [1.29, 1.82) is 0 Å². The summed E-state index contributed by atoms with van der Waals surface area (Å²) in [7, 11) is 2.11. The lowest BCUT2D eigenvalue weighted by Crippen LogP contribution is -2.37. The first kappa shape index (κ1) is 14.7. The fourth-order valence-electron chi connectivity index (χ4n) is 2.16. The minimum atomic E-state index is 0.133. The molecule has 2 atom stereocenters. The molecule has 1 heterocycles. The van der Waals surface area contributed by atoms with Crippen LogP contribution in [-0.4, -0.2) is 24.5 Å². The summed E-state index contributed by atoms with van der Waals surface area (Å²) in [6.45, 7) is 7.28. The van der Waals surface area contributed by atoms with Gasteiger partial charge in [0.25, 0.3) is 0 Å². The zero-order chi connectivity index (χ0) is 13.0. The van der Waals surface area contributed by atoms with Crippen LogP contribution in [0.5, 0.6) is 0 Å². The summed E-state index contributed by atoms with van der Waals surface area (Å²) in [6, 6.07) is 2.53. The number of furan rings is 1. The van der Waals surface area contributed by atoms with Crippen LogP contribution < -0.4 is 5.73 Å². The fourth-order valence-corrected chi connectivity index (χ4v) is 2.62. The molecule has 1 aromatic heterocycles. The van der Waals surface area contributed by atoms with E-state index in [0.717, 1.165) is 16.7 Å². The van der Waals surface area contributed by atoms with Crippen molar-refractivity contribution in [3.63, 3.8) is 0 Å². The number of hydrogen-bond acceptors (Lipinski definition) is 3. The lowest BCUT2D eigenvalue weighted by molar-refractivity contribution is 0.150. The smallest absolute Gasteiger partial charge is 0.136 e. The molecule has 0 aliphatic rings. The van der Waals surface area contributed by atoms with Gasteiger partial charge in [-0.05, 0) is 48.3 Å². The Balaban J connectivity index is 2.77. The highest BCUT2D eigenvalue weighted by Crippen LogP contribution is 2.29. The number of hydrogen-bond donors (Lipinski definition) is 1. The van der Waals surface area contributed by atoms with Crippen LogP contribution in [0.2, 0.25) is 0 Å². The van der Waals surface area contributed by atoms with E-state index >= 15 is 0 Å². The molecule has 0 fully saturated rings. The first-order chi connectivity index (χ1) is 7.97. The summed E-state index contributed by atoms with van der Waals surface area (Å²) in [5, 5.41) is 0. The maximum atomic E-state index is 5.88. The second-order valence-corrected chi connectivity index (χ2v) is 5.88. The summed E-state index contributed by atoms with van der Waals surface area (Å²) in [4.78, 5) is 2.30. The molecule has 0 aromatic carbocycles. The molecule has 0 aliphatic carbocycles. The van der Waals surface area contributed by atoms with Crippen LogP contribution in [0.1, 0.15) is 39.0 Å². The van der Waals surface area contributed by atoms with Crippen LogP contribution in [0.3, 0.4) is 0 Å². The highest BCUT2D eigenvalue weighted by atomic mass is 79.9. The van der Waals surface area contributed by atoms with Crippen LogP contribution in [0.4, 0.5) is 0 Å². The zero-order valence-corrected chi connectivity index (χ0v) is 12.7. The number of rotatable bonds is 6. The molecule has 1 aromatic rings. The first-order valence-corrected chi connectivity index (χ1v) is 6.91. The highest BCUT2D eigenvalue weighted by molar-refractivity contribution is 9.10. The molecule has 0 amide bonds. The van der Waals surface area contributed by atoms with Crippen LogP contribution in [0.15, 0.2) is 21.2 Å². The second kappa shape index (κ2) is 6.57. The molecule has 0 aliphatic heterocycles. The van der Waals surface area contributed by atoms with Crippen molar-refractivity contribution in [2.75, 3.05) is 13.6 Å². The minimum absolute atomic E-state index is 0.133. The summed E-state index contributed by atoms with van der Waals surface area (Å²) in [6.07, 6.45) is 2.86. The number of nitrogens with zero attached hydrogens (tertiary/aromatic N) is 1. The fraction of sp³-hybridized carbons (Fsp3) is 0.692. The van der Waals surface area contributed by atoms with Gasteiger partial charge in [-0.1, -0.05) is 13.8 Å². The molecule has 0 saturated carbocycles. The van der Waals surface area contributed by atoms with Gasteiger partial charge >= 0.3 is 0 Å². The molecule has 98 valence electrons. The highest BCUT2D eigenvalue weighted by Gasteiger charge is 2.24. The van der Waals surface area contributed by atoms with E-state index in [1.165, 1.54) is 0 Å². The summed E-state index contributed by atoms with van der Waals surface area (Å²) in [5.74, 6) is 1.61. The van der Waals surface area contributed by atoms with E-state index in [0.29, 0.717) is 18.5 Å². The van der Waals surface area contributed by atoms with Crippen molar-refractivity contribution in [3.05, 3.63) is 22.6 Å². The predicted octanol–water partition coefficient (Wildman–Crippen LogP) is 3.41. The van der Waals surface area contributed by atoms with Gasteiger partial charge in [0, 0.05) is 12.6 Å². The predicted molar refractivity (Wildman–Crippen MR) is 74.9 cm³/mol. The molecular weight excluding hydrogens is 280 g/mol. The van der Waals surface area contributed by atoms with Crippen LogP contribution in [0.25, 0.3) is 0 Å². The van der Waals surface area contributed by atoms with E-state index in [1.807, 2.05) is 6.07 Å². The van der Waals surface area contributed by atoms with Gasteiger partial charge in [0.1, 0.15) is 5.76 Å². The third kappa shape index (κ3) is 3.83. The van der Waals surface area contributed by atoms with Crippen molar-refractivity contribution in [2.24, 2.45) is 11.7 Å². The Kier molecular flexibility index (Phi) is 5.70. The van der Waals surface area contributed by atoms with E-state index in [2.05, 4.69) is 48.6 Å². The van der Waals surface area contributed by atoms with Crippen LogP contribution >= 0.6 is 15.9 Å². The number of nitrogens with two attached hydrogens (primary N) is 1. The summed E-state index contributed by atoms with van der Waals surface area (Å²) >= 11 is 3.50. The molecule has 4 heteroatoms. The van der Waals surface area contributed by atoms with Gasteiger partial charge in [-0.3, -0.25) is 4.90 Å². The van der Waals surface area contributed by atoms with Gasteiger partial charge in [0.05, 0.1) is 16.8 Å². The first-order valence-electron chi connectivity index (χ1n) is 6.12. The average molecular weight is 303 g/mol. The molecule has 2 N–H and O–H groups in total. The summed E-state index contributed by atoms with van der Waals surface area (Å²) < 4.78 is 6.52. The van der Waals surface area contributed by atoms with Crippen molar-refractivity contribution in [3.8, 4) is 0 Å². The molecule has 0 bridgehead atoms.